The summed E-state index contributed by atoms with van der Waals surface area (Å²) in [5.41, 5.74) is 4.13. The molecule has 1 aliphatic carbocycles. The summed E-state index contributed by atoms with van der Waals surface area (Å²) < 4.78 is 51.1. The Labute approximate surface area is 477 Å². The Morgan fingerprint density at radius 3 is 1.83 bits per heavy atom. The van der Waals surface area contributed by atoms with Crippen molar-refractivity contribution in [3.63, 3.8) is 0 Å². The maximum atomic E-state index is 13.8. The lowest BCUT2D eigenvalue weighted by molar-refractivity contribution is -0.172. The van der Waals surface area contributed by atoms with Crippen LogP contribution in [0.3, 0.4) is 0 Å². The summed E-state index contributed by atoms with van der Waals surface area (Å²) in [5, 5.41) is 15.2. The minimum Gasteiger partial charge on any atom is -0.458 e. The summed E-state index contributed by atoms with van der Waals surface area (Å²) in [4.78, 5) is 108. The van der Waals surface area contributed by atoms with Gasteiger partial charge < -0.3 is 57.6 Å². The van der Waals surface area contributed by atoms with Gasteiger partial charge in [0.25, 0.3) is 17.4 Å². The Balaban J connectivity index is 0.676. The number of pyridine rings is 2. The van der Waals surface area contributed by atoms with Crippen LogP contribution in [-0.4, -0.2) is 179 Å². The van der Waals surface area contributed by atoms with E-state index in [9.17, 15) is 43.5 Å². The van der Waals surface area contributed by atoms with Crippen molar-refractivity contribution in [3.05, 3.63) is 74.1 Å². The molecule has 1 aromatic carbocycles. The molecule has 0 spiro atoms. The van der Waals surface area contributed by atoms with Gasteiger partial charge in [0.15, 0.2) is 11.4 Å². The molecule has 3 aliphatic heterocycles. The van der Waals surface area contributed by atoms with Crippen molar-refractivity contribution in [1.29, 1.82) is 0 Å². The van der Waals surface area contributed by atoms with Crippen LogP contribution >= 0.6 is 0 Å². The number of fused-ring (bicyclic) bond motifs is 5. The smallest absolute Gasteiger partial charge is 0.343 e. The summed E-state index contributed by atoms with van der Waals surface area (Å²) in [6.07, 6.45) is 6.09. The fourth-order valence-electron chi connectivity index (χ4n) is 10.5. The lowest BCUT2D eigenvalue weighted by Gasteiger charge is -2.31. The number of hydrogen-bond donors (Lipinski definition) is 2. The first kappa shape index (κ1) is 63.6. The van der Waals surface area contributed by atoms with Gasteiger partial charge in [-0.2, -0.15) is 0 Å². The highest BCUT2D eigenvalue weighted by molar-refractivity contribution is 6.13. The van der Waals surface area contributed by atoms with Crippen molar-refractivity contribution >= 4 is 51.9 Å². The number of carbonyl (C=O) groups excluding carboxylic acids is 7. The number of benzene rings is 1. The Morgan fingerprint density at radius 1 is 0.695 bits per heavy atom. The molecule has 22 nitrogen and oxygen atoms in total. The van der Waals surface area contributed by atoms with E-state index in [1.165, 1.54) is 12.2 Å². The lowest BCUT2D eigenvalue weighted by Crippen LogP contribution is -2.44. The highest BCUT2D eigenvalue weighted by Gasteiger charge is 2.46. The lowest BCUT2D eigenvalue weighted by atomic mass is 9.83. The molecule has 2 aromatic heterocycles. The number of imide groups is 1. The molecule has 3 amide bonds. The maximum Gasteiger partial charge on any atom is 0.343 e. The normalized spacial score (nSPS) is 16.9. The fraction of sp³-hybridized carbons (Fsp3) is 0.617. The summed E-state index contributed by atoms with van der Waals surface area (Å²) in [6.45, 7) is 13.4. The molecule has 5 heterocycles. The first-order chi connectivity index (χ1) is 39.6. The van der Waals surface area contributed by atoms with Crippen LogP contribution in [0.15, 0.2) is 35.1 Å². The predicted molar refractivity (Wildman–Crippen MR) is 297 cm³/mol. The summed E-state index contributed by atoms with van der Waals surface area (Å²) >= 11 is 0. The number of esters is 1. The predicted octanol–water partition coefficient (Wildman–Crippen LogP) is 3.60. The number of aryl methyl sites for hydroxylation is 2. The molecule has 3 aromatic rings. The molecular weight excluding hydrogens is 1060 g/mol. The number of nitrogens with one attached hydrogen (secondary N) is 1. The standard InChI is InChI=1S/C60H80N4O18/c1-5-60(73)49-36-51-56-47(37-64(51)58(71)48(49)38-82-59(60)72)45-10-6-9-44-41(11-12-50(62-56)55(44)45)34-52(67)40(4)61-57(70)46(39(2)3)35-43(66)16-19-75-21-23-77-25-27-79-29-31-81-33-32-80-30-28-78-26-24-76-22-20-74-18-7-8-42(65)15-17-63-53(68)13-14-54(63)69/h11-14,36,39-40,46,73H,5-10,15-35,37-38H2,1-4H3,(H,61,70)/t40-,46-,60-/m0/s1. The molecule has 0 saturated heterocycles. The first-order valence-electron chi connectivity index (χ1n) is 28.8. The average Bonchev–Trinajstić information content (AvgIpc) is 1.91. The van der Waals surface area contributed by atoms with Gasteiger partial charge in [-0.1, -0.05) is 26.8 Å². The Morgan fingerprint density at radius 2 is 1.26 bits per heavy atom. The molecule has 22 heteroatoms. The molecular formula is C60H80N4O18. The van der Waals surface area contributed by atoms with Gasteiger partial charge in [0.1, 0.15) is 18.2 Å². The number of nitrogens with zero attached hydrogens (tertiary/aromatic N) is 3. The number of aliphatic hydroxyl groups is 1. The van der Waals surface area contributed by atoms with Gasteiger partial charge in [0.2, 0.25) is 5.91 Å². The molecule has 2 N–H and O–H groups in total. The van der Waals surface area contributed by atoms with Crippen LogP contribution in [0.25, 0.3) is 22.3 Å². The van der Waals surface area contributed by atoms with Crippen molar-refractivity contribution in [2.24, 2.45) is 11.8 Å². The van der Waals surface area contributed by atoms with Gasteiger partial charge >= 0.3 is 5.97 Å². The third-order valence-corrected chi connectivity index (χ3v) is 15.2. The van der Waals surface area contributed by atoms with Crippen molar-refractivity contribution in [2.75, 3.05) is 112 Å². The highest BCUT2D eigenvalue weighted by Crippen LogP contribution is 2.43. The second-order valence-corrected chi connectivity index (χ2v) is 21.1. The third-order valence-electron chi connectivity index (χ3n) is 15.2. The van der Waals surface area contributed by atoms with E-state index >= 15 is 0 Å². The van der Waals surface area contributed by atoms with E-state index in [0.717, 1.165) is 57.3 Å². The SMILES string of the molecule is CC[C@@]1(O)C(=O)OCc2c1cc1n(c2=O)Cc2c-1nc1ccc(CC(=O)[C@H](C)NC(=O)[C@@H](CC(=O)CCOCCOCCOCCOCCOCCOCCOCCOCCCC(=O)CCN3C(=O)C=CC3=O)C(C)C)c3c1c2CCC3. The zero-order valence-corrected chi connectivity index (χ0v) is 47.9. The summed E-state index contributed by atoms with van der Waals surface area (Å²) in [7, 11) is 0. The van der Waals surface area contributed by atoms with Gasteiger partial charge in [-0.25, -0.2) is 9.78 Å². The molecule has 0 saturated carbocycles. The zero-order valence-electron chi connectivity index (χ0n) is 47.9. The van der Waals surface area contributed by atoms with Gasteiger partial charge in [-0.15, -0.1) is 0 Å². The summed E-state index contributed by atoms with van der Waals surface area (Å²) in [5.74, 6) is -2.95. The van der Waals surface area contributed by atoms with Crippen LogP contribution in [0.5, 0.6) is 0 Å². The van der Waals surface area contributed by atoms with Gasteiger partial charge in [-0.05, 0) is 73.8 Å². The summed E-state index contributed by atoms with van der Waals surface area (Å²) in [6, 6.07) is 4.72. The van der Waals surface area contributed by atoms with E-state index < -0.39 is 23.5 Å². The monoisotopic (exact) mass is 1140 g/mol. The van der Waals surface area contributed by atoms with Gasteiger partial charge in [0.05, 0.1) is 134 Å². The van der Waals surface area contributed by atoms with Crippen molar-refractivity contribution in [3.8, 4) is 11.4 Å². The molecule has 0 unspecified atom stereocenters. The molecule has 0 bridgehead atoms. The topological polar surface area (TPSA) is 273 Å². The van der Waals surface area contributed by atoms with Crippen molar-refractivity contribution < 1.29 is 81.3 Å². The average molecular weight is 1150 g/mol. The van der Waals surface area contributed by atoms with E-state index in [-0.39, 0.29) is 110 Å². The number of carbonyl (C=O) groups is 7. The number of amides is 3. The van der Waals surface area contributed by atoms with E-state index in [2.05, 4.69) is 5.32 Å². The van der Waals surface area contributed by atoms with Crippen molar-refractivity contribution in [1.82, 2.24) is 19.8 Å². The Bertz CT molecular complexity index is 2830. The van der Waals surface area contributed by atoms with E-state index in [0.29, 0.717) is 130 Å². The number of ketones is 3. The third kappa shape index (κ3) is 16.9. The number of aromatic nitrogens is 2. The van der Waals surface area contributed by atoms with E-state index in [1.807, 2.05) is 26.0 Å². The molecule has 82 heavy (non-hydrogen) atoms. The molecule has 0 fully saturated rings. The first-order valence-corrected chi connectivity index (χ1v) is 28.8. The van der Waals surface area contributed by atoms with Gasteiger partial charge in [0, 0.05) is 79.8 Å². The number of ether oxygens (including phenoxy) is 9. The number of cyclic esters (lactones) is 1. The van der Waals surface area contributed by atoms with Crippen LogP contribution < -0.4 is 10.9 Å². The number of rotatable bonds is 40. The van der Waals surface area contributed by atoms with Crippen LogP contribution in [0.1, 0.15) is 106 Å². The molecule has 0 radical (unpaired) electrons. The van der Waals surface area contributed by atoms with Crippen LogP contribution in [0, 0.1) is 11.8 Å². The van der Waals surface area contributed by atoms with E-state index in [4.69, 9.17) is 47.6 Å². The quantitative estimate of drug-likeness (QED) is 0.0366. The van der Waals surface area contributed by atoms with Crippen molar-refractivity contribution in [2.45, 2.75) is 117 Å². The molecule has 7 rings (SSSR count). The largest absolute Gasteiger partial charge is 0.458 e. The molecule has 4 aliphatic rings. The van der Waals surface area contributed by atoms with E-state index in [1.54, 1.807) is 24.5 Å². The second-order valence-electron chi connectivity index (χ2n) is 21.1. The zero-order chi connectivity index (χ0) is 58.6. The Kier molecular flexibility index (Phi) is 24.5. The molecule has 3 atom stereocenters. The highest BCUT2D eigenvalue weighted by atomic mass is 16.6. The number of Topliss-reactive ketones (excluding diaryl/α,β-unsaturated/α-hetero) is 3. The van der Waals surface area contributed by atoms with Gasteiger partial charge in [-0.3, -0.25) is 38.5 Å². The minimum atomic E-state index is -1.92. The minimum absolute atomic E-state index is 0.0212. The second kappa shape index (κ2) is 31.6. The maximum absolute atomic E-state index is 13.8. The Hall–Kier alpha value is -5.95. The number of hydrogen-bond acceptors (Lipinski definition) is 19. The van der Waals surface area contributed by atoms with Crippen LogP contribution in [0.4, 0.5) is 0 Å². The van der Waals surface area contributed by atoms with Crippen LogP contribution in [-0.2, 0) is 114 Å². The van der Waals surface area contributed by atoms with Crippen LogP contribution in [0.2, 0.25) is 0 Å². The molecule has 448 valence electrons. The fourth-order valence-corrected chi connectivity index (χ4v) is 10.5.